The Balaban J connectivity index is 1.51. The first-order chi connectivity index (χ1) is 19.3. The Morgan fingerprint density at radius 3 is 2.49 bits per heavy atom. The average molecular weight is 649 g/mol. The number of nitrogens with zero attached hydrogens (tertiary/aromatic N) is 4. The Morgan fingerprint density at radius 1 is 1.24 bits per heavy atom. The highest BCUT2D eigenvalue weighted by atomic mass is 32.2. The number of imide groups is 1. The van der Waals surface area contributed by atoms with Gasteiger partial charge >= 0.3 is 24.0 Å². The second-order valence-corrected chi connectivity index (χ2v) is 13.4. The molecule has 4 heterocycles. The molecule has 6 amide bonds. The fourth-order valence-electron chi connectivity index (χ4n) is 4.32. The Kier molecular flexibility index (Phi) is 8.85. The number of carbonyl (C=O) groups is 6. The van der Waals surface area contributed by atoms with Crippen molar-refractivity contribution in [3.63, 3.8) is 0 Å². The van der Waals surface area contributed by atoms with Crippen LogP contribution < -0.4 is 10.6 Å². The van der Waals surface area contributed by atoms with Crippen LogP contribution in [0.5, 0.6) is 0 Å². The van der Waals surface area contributed by atoms with Gasteiger partial charge in [0, 0.05) is 23.6 Å². The summed E-state index contributed by atoms with van der Waals surface area (Å²) in [5, 5.41) is 15.4. The second kappa shape index (κ2) is 11.9. The van der Waals surface area contributed by atoms with Crippen LogP contribution in [0.2, 0.25) is 0 Å². The molecule has 3 aliphatic heterocycles. The SMILES string of the molecule is CSC(OC(C)=O)C1=C(C(=O)O)N2C(=O)[C@H](NC(=O)C(NC(=O)N3CCN(S(C)(=O)=O)C3=O)c3cscn3)[C@H]2SC1. The molecule has 0 aliphatic carbocycles. The van der Waals surface area contributed by atoms with Crippen LogP contribution in [-0.2, 0) is 33.9 Å². The van der Waals surface area contributed by atoms with Crippen molar-refractivity contribution in [2.75, 3.05) is 31.4 Å². The predicted molar refractivity (Wildman–Crippen MR) is 146 cm³/mol. The maximum atomic E-state index is 13.3. The van der Waals surface area contributed by atoms with Gasteiger partial charge in [0.05, 0.1) is 30.5 Å². The minimum atomic E-state index is -3.91. The van der Waals surface area contributed by atoms with E-state index in [0.29, 0.717) is 9.21 Å². The minimum Gasteiger partial charge on any atom is -0.477 e. The summed E-state index contributed by atoms with van der Waals surface area (Å²) in [6, 6.07) is -4.74. The number of thiazole rings is 1. The molecule has 3 N–H and O–H groups in total. The van der Waals surface area contributed by atoms with E-state index in [9.17, 15) is 42.3 Å². The Hall–Kier alpha value is -3.36. The van der Waals surface area contributed by atoms with E-state index in [1.54, 1.807) is 6.26 Å². The summed E-state index contributed by atoms with van der Waals surface area (Å²) in [4.78, 5) is 81.1. The lowest BCUT2D eigenvalue weighted by molar-refractivity contribution is -0.151. The first kappa shape index (κ1) is 30.6. The first-order valence-electron chi connectivity index (χ1n) is 11.7. The van der Waals surface area contributed by atoms with Gasteiger partial charge in [-0.1, -0.05) is 0 Å². The maximum absolute atomic E-state index is 13.3. The molecule has 3 aliphatic rings. The van der Waals surface area contributed by atoms with Gasteiger partial charge in [-0.2, -0.15) is 0 Å². The number of hydrogen-bond acceptors (Lipinski definition) is 13. The normalized spacial score (nSPS) is 22.1. The van der Waals surface area contributed by atoms with Gasteiger partial charge in [-0.05, 0) is 6.26 Å². The molecular weight excluding hydrogens is 625 g/mol. The van der Waals surface area contributed by atoms with Gasteiger partial charge in [0.1, 0.15) is 17.1 Å². The fourth-order valence-corrected chi connectivity index (χ4v) is 7.89. The summed E-state index contributed by atoms with van der Waals surface area (Å²) in [7, 11) is -3.91. The molecule has 0 bridgehead atoms. The second-order valence-electron chi connectivity index (χ2n) is 8.82. The zero-order valence-electron chi connectivity index (χ0n) is 21.6. The number of amides is 6. The fraction of sp³-hybridized carbons (Fsp3) is 0.476. The number of thioether (sulfide) groups is 2. The number of aliphatic carboxylic acids is 1. The lowest BCUT2D eigenvalue weighted by Gasteiger charge is -2.50. The summed E-state index contributed by atoms with van der Waals surface area (Å²) in [5.41, 5.74) is 0.468. The van der Waals surface area contributed by atoms with Crippen LogP contribution in [-0.4, -0.2) is 117 Å². The highest BCUT2D eigenvalue weighted by molar-refractivity contribution is 8.01. The van der Waals surface area contributed by atoms with Crippen molar-refractivity contribution in [3.05, 3.63) is 27.9 Å². The van der Waals surface area contributed by atoms with Gasteiger partial charge in [0.25, 0.3) is 5.91 Å². The van der Waals surface area contributed by atoms with Crippen LogP contribution in [0.4, 0.5) is 9.59 Å². The van der Waals surface area contributed by atoms with Gasteiger partial charge in [-0.25, -0.2) is 37.0 Å². The standard InChI is InChI=1S/C21H24N6O10S4/c1-9(28)37-19(38-2)10-6-40-17-13(16(30)27(17)14(10)18(31)32)23-15(29)12(11-7-39-8-22-11)24-20(33)25-4-5-26(21(25)34)41(3,35)36/h7-8,12-13,17,19H,4-6H2,1-3H3,(H,23,29)(H,24,33)(H,31,32)/t12?,13-,17+,19?/m0/s1. The molecule has 0 saturated carbocycles. The molecule has 1 aromatic rings. The number of nitrogens with one attached hydrogen (secondary N) is 2. The molecule has 16 nitrogen and oxygen atoms in total. The van der Waals surface area contributed by atoms with Crippen LogP contribution in [0.3, 0.4) is 0 Å². The van der Waals surface area contributed by atoms with E-state index in [0.717, 1.165) is 46.0 Å². The number of urea groups is 2. The minimum absolute atomic E-state index is 0.0986. The number of carboxylic acids is 1. The van der Waals surface area contributed by atoms with E-state index in [1.165, 1.54) is 17.8 Å². The number of aromatic nitrogens is 1. The molecule has 222 valence electrons. The largest absolute Gasteiger partial charge is 0.477 e. The van der Waals surface area contributed by atoms with Crippen molar-refractivity contribution in [2.45, 2.75) is 29.8 Å². The highest BCUT2D eigenvalue weighted by Gasteiger charge is 2.55. The van der Waals surface area contributed by atoms with Crippen molar-refractivity contribution in [1.29, 1.82) is 0 Å². The summed E-state index contributed by atoms with van der Waals surface area (Å²) >= 11 is 3.37. The molecule has 20 heteroatoms. The molecule has 0 spiro atoms. The molecule has 2 fully saturated rings. The van der Waals surface area contributed by atoms with Crippen molar-refractivity contribution in [1.82, 2.24) is 29.7 Å². The molecule has 41 heavy (non-hydrogen) atoms. The van der Waals surface area contributed by atoms with Gasteiger partial charge < -0.3 is 20.5 Å². The van der Waals surface area contributed by atoms with Crippen LogP contribution in [0.1, 0.15) is 18.7 Å². The summed E-state index contributed by atoms with van der Waals surface area (Å²) in [6.07, 6.45) is 2.45. The third kappa shape index (κ3) is 5.99. The van der Waals surface area contributed by atoms with Crippen LogP contribution >= 0.6 is 34.9 Å². The predicted octanol–water partition coefficient (Wildman–Crippen LogP) is -0.418. The lowest BCUT2D eigenvalue weighted by atomic mass is 10.0. The van der Waals surface area contributed by atoms with Gasteiger partial charge in [-0.15, -0.1) is 34.9 Å². The van der Waals surface area contributed by atoms with E-state index in [1.807, 2.05) is 0 Å². The number of carboxylic acid groups (broad SMARTS) is 1. The number of β-lactam (4-membered cyclic amide) rings is 1. The molecule has 4 atom stereocenters. The van der Waals surface area contributed by atoms with E-state index in [4.69, 9.17) is 4.74 Å². The number of carbonyl (C=O) groups excluding carboxylic acids is 5. The van der Waals surface area contributed by atoms with Gasteiger partial charge in [0.2, 0.25) is 15.9 Å². The molecule has 2 unspecified atom stereocenters. The smallest absolute Gasteiger partial charge is 0.352 e. The number of rotatable bonds is 9. The summed E-state index contributed by atoms with van der Waals surface area (Å²) in [6.45, 7) is 0.692. The van der Waals surface area contributed by atoms with Gasteiger partial charge in [-0.3, -0.25) is 19.3 Å². The van der Waals surface area contributed by atoms with Crippen LogP contribution in [0, 0.1) is 0 Å². The van der Waals surface area contributed by atoms with Crippen molar-refractivity contribution >= 4 is 80.7 Å². The van der Waals surface area contributed by atoms with Crippen molar-refractivity contribution in [3.8, 4) is 0 Å². The molecule has 0 radical (unpaired) electrons. The molecule has 0 aromatic carbocycles. The molecule has 1 aromatic heterocycles. The highest BCUT2D eigenvalue weighted by Crippen LogP contribution is 2.43. The van der Waals surface area contributed by atoms with E-state index < -0.39 is 68.7 Å². The summed E-state index contributed by atoms with van der Waals surface area (Å²) in [5.74, 6) is -3.51. The van der Waals surface area contributed by atoms with E-state index in [2.05, 4.69) is 15.6 Å². The van der Waals surface area contributed by atoms with Crippen LogP contribution in [0.25, 0.3) is 0 Å². The first-order valence-corrected chi connectivity index (χ1v) is 16.8. The number of esters is 1. The van der Waals surface area contributed by atoms with Crippen molar-refractivity contribution < 1.29 is 47.0 Å². The molecule has 2 saturated heterocycles. The number of ether oxygens (including phenoxy) is 1. The van der Waals surface area contributed by atoms with E-state index in [-0.39, 0.29) is 35.8 Å². The number of hydrogen-bond donors (Lipinski definition) is 3. The number of sulfonamides is 1. The zero-order chi connectivity index (χ0) is 30.2. The molecular formula is C21H24N6O10S4. The third-order valence-corrected chi connectivity index (χ3v) is 10.0. The van der Waals surface area contributed by atoms with Crippen molar-refractivity contribution in [2.24, 2.45) is 0 Å². The maximum Gasteiger partial charge on any atom is 0.352 e. The quantitative estimate of drug-likeness (QED) is 0.177. The monoisotopic (exact) mass is 648 g/mol. The Morgan fingerprint density at radius 2 is 1.95 bits per heavy atom. The Bertz CT molecular complexity index is 1430. The van der Waals surface area contributed by atoms with Gasteiger partial charge in [0.15, 0.2) is 11.5 Å². The van der Waals surface area contributed by atoms with Crippen LogP contribution in [0.15, 0.2) is 22.2 Å². The van der Waals surface area contributed by atoms with E-state index >= 15 is 0 Å². The summed E-state index contributed by atoms with van der Waals surface area (Å²) < 4.78 is 29.3. The Labute approximate surface area is 245 Å². The average Bonchev–Trinajstić information content (AvgIpc) is 3.57. The lowest BCUT2D eigenvalue weighted by Crippen LogP contribution is -2.71. The number of fused-ring (bicyclic) bond motifs is 1. The topological polar surface area (TPSA) is 213 Å². The third-order valence-electron chi connectivity index (χ3n) is 6.16. The molecule has 4 rings (SSSR count). The zero-order valence-corrected chi connectivity index (χ0v) is 24.9.